The van der Waals surface area contributed by atoms with Crippen LogP contribution in [-0.4, -0.2) is 44.0 Å². The molecule has 0 unspecified atom stereocenters. The highest BCUT2D eigenvalue weighted by Crippen LogP contribution is 2.14. The summed E-state index contributed by atoms with van der Waals surface area (Å²) in [5.74, 6) is -0.535. The van der Waals surface area contributed by atoms with Gasteiger partial charge in [0.15, 0.2) is 0 Å². The fourth-order valence-corrected chi connectivity index (χ4v) is 3.82. The van der Waals surface area contributed by atoms with E-state index in [1.54, 1.807) is 24.3 Å². The minimum atomic E-state index is -0.444. The zero-order chi connectivity index (χ0) is 25.6. The lowest BCUT2D eigenvalue weighted by Crippen LogP contribution is -2.29. The van der Waals surface area contributed by atoms with Crippen LogP contribution in [0, 0.1) is 0 Å². The molecule has 6 heteroatoms. The molecule has 2 rings (SSSR count). The quantitative estimate of drug-likeness (QED) is 0.206. The van der Waals surface area contributed by atoms with E-state index in [2.05, 4.69) is 19.2 Å². The highest BCUT2D eigenvalue weighted by molar-refractivity contribution is 6.03. The van der Waals surface area contributed by atoms with E-state index in [-0.39, 0.29) is 0 Å². The lowest BCUT2D eigenvalue weighted by atomic mass is 10.1. The number of piperidine rings is 1. The fourth-order valence-electron chi connectivity index (χ4n) is 3.82. The predicted octanol–water partition coefficient (Wildman–Crippen LogP) is 6.66. The molecule has 0 amide bonds. The average Bonchev–Trinajstić information content (AvgIpc) is 2.88. The number of ether oxygens (including phenoxy) is 2. The van der Waals surface area contributed by atoms with Crippen molar-refractivity contribution < 1.29 is 23.9 Å². The third-order valence-corrected chi connectivity index (χ3v) is 5.96. The van der Waals surface area contributed by atoms with Gasteiger partial charge in [0.2, 0.25) is 0 Å². The van der Waals surface area contributed by atoms with Crippen LogP contribution in [0.4, 0.5) is 0 Å². The van der Waals surface area contributed by atoms with E-state index in [1.807, 2.05) is 0 Å². The summed E-state index contributed by atoms with van der Waals surface area (Å²) in [4.78, 5) is 35.1. The normalized spacial score (nSPS) is 13.0. The number of carbonyl (C=O) groups excluding carboxylic acids is 3. The number of hydrogen-bond donors (Lipinski definition) is 1. The van der Waals surface area contributed by atoms with Gasteiger partial charge < -0.3 is 14.8 Å². The summed E-state index contributed by atoms with van der Waals surface area (Å²) >= 11 is 0. The molecule has 1 aliphatic heterocycles. The maximum absolute atomic E-state index is 12.4. The van der Waals surface area contributed by atoms with Crippen molar-refractivity contribution in [3.05, 3.63) is 35.4 Å². The minimum absolute atomic E-state index is 0.293. The van der Waals surface area contributed by atoms with Crippen molar-refractivity contribution in [2.24, 2.45) is 0 Å². The van der Waals surface area contributed by atoms with Crippen LogP contribution < -0.4 is 5.32 Å². The summed E-state index contributed by atoms with van der Waals surface area (Å²) in [7, 11) is 0. The van der Waals surface area contributed by atoms with Crippen molar-refractivity contribution in [2.75, 3.05) is 26.3 Å². The van der Waals surface area contributed by atoms with Crippen molar-refractivity contribution in [1.82, 2.24) is 5.32 Å². The Labute approximate surface area is 212 Å². The first-order valence-electron chi connectivity index (χ1n) is 13.8. The lowest BCUT2D eigenvalue weighted by molar-refractivity contribution is -0.119. The van der Waals surface area contributed by atoms with Crippen molar-refractivity contribution >= 4 is 17.7 Å². The van der Waals surface area contributed by atoms with E-state index >= 15 is 0 Å². The number of hydrogen-bond acceptors (Lipinski definition) is 6. The third kappa shape index (κ3) is 15.4. The molecule has 0 aliphatic carbocycles. The van der Waals surface area contributed by atoms with Crippen LogP contribution >= 0.6 is 0 Å². The van der Waals surface area contributed by atoms with Gasteiger partial charge in [0.05, 0.1) is 30.9 Å². The van der Waals surface area contributed by atoms with E-state index in [9.17, 15) is 14.4 Å². The highest BCUT2D eigenvalue weighted by Gasteiger charge is 2.18. The molecule has 1 aromatic carbocycles. The molecule has 0 aromatic heterocycles. The Morgan fingerprint density at radius 1 is 0.743 bits per heavy atom. The molecule has 1 fully saturated rings. The Balaban J connectivity index is 0.000000744. The number of unbranched alkanes of at least 4 members (excludes halogenated alkanes) is 10. The number of esters is 2. The van der Waals surface area contributed by atoms with E-state index in [0.29, 0.717) is 36.7 Å². The van der Waals surface area contributed by atoms with Crippen LogP contribution in [0.5, 0.6) is 0 Å². The Hall–Kier alpha value is -2.21. The number of benzene rings is 1. The summed E-state index contributed by atoms with van der Waals surface area (Å²) < 4.78 is 10.7. The Morgan fingerprint density at radius 2 is 1.20 bits per heavy atom. The average molecular weight is 490 g/mol. The first kappa shape index (κ1) is 30.8. The Morgan fingerprint density at radius 3 is 1.57 bits per heavy atom. The number of carbonyl (C=O) groups is 3. The largest absolute Gasteiger partial charge is 0.462 e. The number of ketones is 1. The van der Waals surface area contributed by atoms with Crippen molar-refractivity contribution in [2.45, 2.75) is 104 Å². The molecular weight excluding hydrogens is 442 g/mol. The van der Waals surface area contributed by atoms with Crippen LogP contribution in [0.3, 0.4) is 0 Å². The first-order chi connectivity index (χ1) is 17.1. The Kier molecular flexibility index (Phi) is 18.6. The molecule has 1 saturated heterocycles. The number of nitrogens with one attached hydrogen (secondary N) is 1. The van der Waals surface area contributed by atoms with E-state index in [1.165, 1.54) is 51.4 Å². The molecule has 1 aliphatic rings. The topological polar surface area (TPSA) is 81.7 Å². The van der Waals surface area contributed by atoms with Gasteiger partial charge in [-0.25, -0.2) is 9.59 Å². The second kappa shape index (κ2) is 21.1. The number of Topliss-reactive ketones (excluding diaryl/α,β-unsaturated/α-hetero) is 1. The minimum Gasteiger partial charge on any atom is -0.462 e. The smallest absolute Gasteiger partial charge is 0.339 e. The summed E-state index contributed by atoms with van der Waals surface area (Å²) in [5.41, 5.74) is 0.586. The summed E-state index contributed by atoms with van der Waals surface area (Å²) in [6, 6.07) is 6.74. The van der Waals surface area contributed by atoms with Gasteiger partial charge in [-0.2, -0.15) is 0 Å². The van der Waals surface area contributed by atoms with Crippen LogP contribution in [0.1, 0.15) is 124 Å². The molecule has 0 spiro atoms. The molecule has 0 bridgehead atoms. The van der Waals surface area contributed by atoms with Gasteiger partial charge in [0.25, 0.3) is 0 Å². The molecular formula is C29H47NO5. The van der Waals surface area contributed by atoms with Gasteiger partial charge in [-0.3, -0.25) is 4.79 Å². The molecule has 198 valence electrons. The fraction of sp³-hybridized carbons (Fsp3) is 0.690. The van der Waals surface area contributed by atoms with Crippen molar-refractivity contribution in [3.63, 3.8) is 0 Å². The maximum Gasteiger partial charge on any atom is 0.339 e. The molecule has 1 heterocycles. The van der Waals surface area contributed by atoms with Gasteiger partial charge in [-0.05, 0) is 37.9 Å². The van der Waals surface area contributed by atoms with Gasteiger partial charge in [-0.15, -0.1) is 0 Å². The second-order valence-corrected chi connectivity index (χ2v) is 9.17. The molecule has 6 nitrogen and oxygen atoms in total. The molecule has 1 N–H and O–H groups in total. The molecule has 1 aromatic rings. The molecule has 35 heavy (non-hydrogen) atoms. The Bertz CT molecular complexity index is 662. The zero-order valence-corrected chi connectivity index (χ0v) is 22.1. The predicted molar refractivity (Wildman–Crippen MR) is 141 cm³/mol. The second-order valence-electron chi connectivity index (χ2n) is 9.17. The number of rotatable bonds is 16. The van der Waals surface area contributed by atoms with Gasteiger partial charge >= 0.3 is 11.9 Å². The van der Waals surface area contributed by atoms with Gasteiger partial charge in [0.1, 0.15) is 5.78 Å². The monoisotopic (exact) mass is 489 g/mol. The van der Waals surface area contributed by atoms with Crippen LogP contribution in [0.2, 0.25) is 0 Å². The standard InChI is InChI=1S/C24H38O4.C5H9NO/c1-3-5-7-9-11-15-19-27-23(25)21-17-13-14-18-22(21)24(26)28-20-16-12-10-8-6-4-2;7-5-2-1-3-6-4-5/h13-14,17-18H,3-12,15-16,19-20H2,1-2H3;6H,1-4H2. The third-order valence-electron chi connectivity index (χ3n) is 5.96. The summed E-state index contributed by atoms with van der Waals surface area (Å²) in [6.45, 7) is 6.79. The van der Waals surface area contributed by atoms with Crippen molar-refractivity contribution in [1.29, 1.82) is 0 Å². The summed E-state index contributed by atoms with van der Waals surface area (Å²) in [5, 5.41) is 2.98. The lowest BCUT2D eigenvalue weighted by Gasteiger charge is -2.10. The summed E-state index contributed by atoms with van der Waals surface area (Å²) in [6.07, 6.45) is 15.4. The zero-order valence-electron chi connectivity index (χ0n) is 22.1. The van der Waals surface area contributed by atoms with E-state index < -0.39 is 11.9 Å². The highest BCUT2D eigenvalue weighted by atomic mass is 16.5. The van der Waals surface area contributed by atoms with Gasteiger partial charge in [0, 0.05) is 6.42 Å². The van der Waals surface area contributed by atoms with Crippen molar-refractivity contribution in [3.8, 4) is 0 Å². The first-order valence-corrected chi connectivity index (χ1v) is 13.8. The van der Waals surface area contributed by atoms with E-state index in [0.717, 1.165) is 45.1 Å². The van der Waals surface area contributed by atoms with Crippen LogP contribution in [0.15, 0.2) is 24.3 Å². The molecule has 0 radical (unpaired) electrons. The van der Waals surface area contributed by atoms with Crippen LogP contribution in [-0.2, 0) is 14.3 Å². The van der Waals surface area contributed by atoms with Crippen LogP contribution in [0.25, 0.3) is 0 Å². The SMILES string of the molecule is CCCCCCCCOC(=O)c1ccccc1C(=O)OCCCCCCCC.O=C1CCCNC1. The van der Waals surface area contributed by atoms with E-state index in [4.69, 9.17) is 9.47 Å². The maximum atomic E-state index is 12.4. The molecule has 0 saturated carbocycles. The molecule has 0 atom stereocenters. The van der Waals surface area contributed by atoms with Gasteiger partial charge in [-0.1, -0.05) is 90.2 Å².